The van der Waals surface area contributed by atoms with E-state index in [1.54, 1.807) is 0 Å². The fourth-order valence-electron chi connectivity index (χ4n) is 3.65. The third kappa shape index (κ3) is 4.78. The van der Waals surface area contributed by atoms with Crippen molar-refractivity contribution in [1.29, 1.82) is 0 Å². The fourth-order valence-corrected chi connectivity index (χ4v) is 3.65. The molecule has 0 amide bonds. The van der Waals surface area contributed by atoms with Gasteiger partial charge in [-0.3, -0.25) is 0 Å². The quantitative estimate of drug-likeness (QED) is 0.367. The Kier molecular flexibility index (Phi) is 5.81. The molecule has 0 aromatic heterocycles. The largest absolute Gasteiger partial charge is 0.489 e. The molecule has 0 atom stereocenters. The minimum atomic E-state index is 0.579. The highest BCUT2D eigenvalue weighted by Crippen LogP contribution is 2.23. The second-order valence-electron chi connectivity index (χ2n) is 7.58. The first-order chi connectivity index (χ1) is 14.2. The smallest absolute Gasteiger partial charge is 0.119 e. The molecule has 4 aromatic carbocycles. The maximum Gasteiger partial charge on any atom is 0.119 e. The summed E-state index contributed by atoms with van der Waals surface area (Å²) in [5, 5.41) is 2.61. The number of rotatable bonds is 7. The number of aryl methyl sites for hydroxylation is 1. The zero-order valence-corrected chi connectivity index (χ0v) is 17.1. The monoisotopic (exact) mass is 381 g/mol. The maximum atomic E-state index is 5.92. The average Bonchev–Trinajstić information content (AvgIpc) is 2.77. The van der Waals surface area contributed by atoms with Gasteiger partial charge in [-0.1, -0.05) is 72.8 Å². The summed E-state index contributed by atoms with van der Waals surface area (Å²) in [5.74, 6) is 0.902. The van der Waals surface area contributed by atoms with Gasteiger partial charge in [0.25, 0.3) is 0 Å². The fraction of sp³-hybridized carbons (Fsp3) is 0.185. The first-order valence-electron chi connectivity index (χ1n) is 10.2. The molecule has 0 heterocycles. The van der Waals surface area contributed by atoms with Gasteiger partial charge in [-0.2, -0.15) is 0 Å². The van der Waals surface area contributed by atoms with E-state index >= 15 is 0 Å². The minimum absolute atomic E-state index is 0.579. The van der Waals surface area contributed by atoms with Gasteiger partial charge in [-0.05, 0) is 59.0 Å². The van der Waals surface area contributed by atoms with Crippen LogP contribution in [0.15, 0.2) is 91.0 Å². The summed E-state index contributed by atoms with van der Waals surface area (Å²) in [4.78, 5) is 2.34. The summed E-state index contributed by atoms with van der Waals surface area (Å²) in [7, 11) is 2.17. The van der Waals surface area contributed by atoms with Gasteiger partial charge >= 0.3 is 0 Å². The van der Waals surface area contributed by atoms with Gasteiger partial charge in [0, 0.05) is 19.3 Å². The maximum absolute atomic E-state index is 5.92. The molecule has 146 valence electrons. The molecule has 4 rings (SSSR count). The van der Waals surface area contributed by atoms with Crippen LogP contribution in [0.25, 0.3) is 10.8 Å². The van der Waals surface area contributed by atoms with Crippen molar-refractivity contribution in [2.75, 3.05) is 18.5 Å². The van der Waals surface area contributed by atoms with Crippen LogP contribution in [0.1, 0.15) is 16.7 Å². The standard InChI is InChI=1S/C27H27NO/c1-21-12-13-23(20-29-26-10-4-3-5-11-26)19-27(21)28(2)17-16-22-14-15-24-8-6-7-9-25(24)18-22/h3-15,18-19H,16-17,20H2,1-2H3. The Morgan fingerprint density at radius 2 is 1.45 bits per heavy atom. The number of nitrogens with zero attached hydrogens (tertiary/aromatic N) is 1. The topological polar surface area (TPSA) is 12.5 Å². The molecule has 0 bridgehead atoms. The van der Waals surface area contributed by atoms with E-state index in [0.29, 0.717) is 6.61 Å². The summed E-state index contributed by atoms with van der Waals surface area (Å²) in [6.45, 7) is 3.72. The molecule has 4 aromatic rings. The summed E-state index contributed by atoms with van der Waals surface area (Å²) >= 11 is 0. The lowest BCUT2D eigenvalue weighted by Gasteiger charge is -2.22. The van der Waals surface area contributed by atoms with Gasteiger partial charge in [0.15, 0.2) is 0 Å². The molecule has 0 aliphatic rings. The Bertz CT molecular complexity index is 1090. The van der Waals surface area contributed by atoms with Crippen molar-refractivity contribution in [3.05, 3.63) is 108 Å². The first-order valence-corrected chi connectivity index (χ1v) is 10.2. The third-order valence-electron chi connectivity index (χ3n) is 5.38. The van der Waals surface area contributed by atoms with Crippen LogP contribution < -0.4 is 9.64 Å². The number of likely N-dealkylation sites (N-methyl/N-ethyl adjacent to an activating group) is 1. The molecule has 0 N–H and O–H groups in total. The van der Waals surface area contributed by atoms with Crippen molar-refractivity contribution < 1.29 is 4.74 Å². The normalized spacial score (nSPS) is 10.8. The number of hydrogen-bond acceptors (Lipinski definition) is 2. The Morgan fingerprint density at radius 1 is 0.724 bits per heavy atom. The van der Waals surface area contributed by atoms with Crippen molar-refractivity contribution in [2.45, 2.75) is 20.0 Å². The van der Waals surface area contributed by atoms with E-state index in [4.69, 9.17) is 4.74 Å². The summed E-state index contributed by atoms with van der Waals surface area (Å²) in [5.41, 5.74) is 5.11. The average molecular weight is 382 g/mol. The molecule has 0 radical (unpaired) electrons. The van der Waals surface area contributed by atoms with Gasteiger partial charge in [0.05, 0.1) is 0 Å². The third-order valence-corrected chi connectivity index (χ3v) is 5.38. The van der Waals surface area contributed by atoms with E-state index in [-0.39, 0.29) is 0 Å². The van der Waals surface area contributed by atoms with Gasteiger partial charge < -0.3 is 9.64 Å². The molecule has 0 saturated heterocycles. The zero-order valence-electron chi connectivity index (χ0n) is 17.1. The van der Waals surface area contributed by atoms with Gasteiger partial charge in [0.1, 0.15) is 12.4 Å². The van der Waals surface area contributed by atoms with Crippen LogP contribution in [0.4, 0.5) is 5.69 Å². The van der Waals surface area contributed by atoms with Crippen LogP contribution in [0.2, 0.25) is 0 Å². The molecule has 0 fully saturated rings. The van der Waals surface area contributed by atoms with E-state index in [2.05, 4.69) is 79.5 Å². The minimum Gasteiger partial charge on any atom is -0.489 e. The lowest BCUT2D eigenvalue weighted by Crippen LogP contribution is -2.21. The number of para-hydroxylation sites is 1. The Morgan fingerprint density at radius 3 is 2.28 bits per heavy atom. The second kappa shape index (κ2) is 8.83. The highest BCUT2D eigenvalue weighted by molar-refractivity contribution is 5.83. The van der Waals surface area contributed by atoms with Crippen LogP contribution in [0, 0.1) is 6.92 Å². The van der Waals surface area contributed by atoms with Gasteiger partial charge in [-0.25, -0.2) is 0 Å². The van der Waals surface area contributed by atoms with E-state index in [9.17, 15) is 0 Å². The summed E-state index contributed by atoms with van der Waals surface area (Å²) in [6, 6.07) is 31.9. The number of fused-ring (bicyclic) bond motifs is 1. The molecule has 0 spiro atoms. The molecular weight excluding hydrogens is 354 g/mol. The number of anilines is 1. The van der Waals surface area contributed by atoms with E-state index < -0.39 is 0 Å². The summed E-state index contributed by atoms with van der Waals surface area (Å²) in [6.07, 6.45) is 1.02. The van der Waals surface area contributed by atoms with Crippen LogP contribution in [-0.4, -0.2) is 13.6 Å². The predicted octanol–water partition coefficient (Wildman–Crippen LogP) is 6.41. The lowest BCUT2D eigenvalue weighted by atomic mass is 10.0. The second-order valence-corrected chi connectivity index (χ2v) is 7.58. The van der Waals surface area contributed by atoms with Crippen molar-refractivity contribution in [2.24, 2.45) is 0 Å². The molecule has 0 unspecified atom stereocenters. The zero-order chi connectivity index (χ0) is 20.1. The van der Waals surface area contributed by atoms with Gasteiger partial charge in [0.2, 0.25) is 0 Å². The van der Waals surface area contributed by atoms with E-state index in [1.807, 2.05) is 30.3 Å². The van der Waals surface area contributed by atoms with Gasteiger partial charge in [-0.15, -0.1) is 0 Å². The lowest BCUT2D eigenvalue weighted by molar-refractivity contribution is 0.306. The molecular formula is C27H27NO. The molecule has 0 saturated carbocycles. The number of hydrogen-bond donors (Lipinski definition) is 0. The van der Waals surface area contributed by atoms with E-state index in [0.717, 1.165) is 18.7 Å². The highest BCUT2D eigenvalue weighted by Gasteiger charge is 2.07. The molecule has 0 aliphatic carbocycles. The molecule has 0 aliphatic heterocycles. The van der Waals surface area contributed by atoms with Crippen molar-refractivity contribution in [3.63, 3.8) is 0 Å². The Balaban J connectivity index is 1.42. The number of benzene rings is 4. The first kappa shape index (κ1) is 19.1. The molecule has 29 heavy (non-hydrogen) atoms. The Hall–Kier alpha value is -3.26. The predicted molar refractivity (Wildman–Crippen MR) is 123 cm³/mol. The van der Waals surface area contributed by atoms with Crippen molar-refractivity contribution in [1.82, 2.24) is 0 Å². The SMILES string of the molecule is Cc1ccc(COc2ccccc2)cc1N(C)CCc1ccc2ccccc2c1. The Labute approximate surface area is 173 Å². The molecule has 2 nitrogen and oxygen atoms in total. The van der Waals surface area contributed by atoms with E-state index in [1.165, 1.54) is 33.2 Å². The van der Waals surface area contributed by atoms with Crippen LogP contribution in [0.5, 0.6) is 5.75 Å². The molecule has 2 heteroatoms. The van der Waals surface area contributed by atoms with Crippen molar-refractivity contribution in [3.8, 4) is 5.75 Å². The highest BCUT2D eigenvalue weighted by atomic mass is 16.5. The number of ether oxygens (including phenoxy) is 1. The van der Waals surface area contributed by atoms with Crippen LogP contribution in [0.3, 0.4) is 0 Å². The van der Waals surface area contributed by atoms with Crippen LogP contribution >= 0.6 is 0 Å². The van der Waals surface area contributed by atoms with Crippen LogP contribution in [-0.2, 0) is 13.0 Å². The van der Waals surface area contributed by atoms with Crippen molar-refractivity contribution >= 4 is 16.5 Å². The summed E-state index contributed by atoms with van der Waals surface area (Å²) < 4.78 is 5.92.